The van der Waals surface area contributed by atoms with E-state index in [1.54, 1.807) is 0 Å². The molecule has 7 heteroatoms. The fraction of sp³-hybridized carbons (Fsp3) is 0.433. The minimum atomic E-state index is 0.421. The summed E-state index contributed by atoms with van der Waals surface area (Å²) in [6.07, 6.45) is 6.80. The lowest BCUT2D eigenvalue weighted by Crippen LogP contribution is -2.51. The molecule has 4 aromatic rings. The van der Waals surface area contributed by atoms with Crippen LogP contribution < -0.4 is 15.0 Å². The number of hydrogen-bond acceptors (Lipinski definition) is 7. The van der Waals surface area contributed by atoms with E-state index >= 15 is 0 Å². The second-order valence-electron chi connectivity index (χ2n) is 11.0. The van der Waals surface area contributed by atoms with E-state index in [2.05, 4.69) is 71.6 Å². The summed E-state index contributed by atoms with van der Waals surface area (Å²) in [6.45, 7) is 5.82. The average Bonchev–Trinajstić information content (AvgIpc) is 3.49. The van der Waals surface area contributed by atoms with Gasteiger partial charge in [0.15, 0.2) is 0 Å². The number of benzene rings is 2. The number of piperazine rings is 1. The van der Waals surface area contributed by atoms with Gasteiger partial charge in [0.2, 0.25) is 0 Å². The summed E-state index contributed by atoms with van der Waals surface area (Å²) >= 11 is 0. The topological polar surface area (TPSA) is 66.4 Å². The quantitative estimate of drug-likeness (QED) is 0.436. The van der Waals surface area contributed by atoms with Crippen LogP contribution in [0.15, 0.2) is 48.7 Å². The van der Waals surface area contributed by atoms with Crippen molar-refractivity contribution in [2.75, 3.05) is 38.2 Å². The van der Waals surface area contributed by atoms with Gasteiger partial charge >= 0.3 is 6.01 Å². The maximum Gasteiger partial charge on any atom is 0.319 e. The van der Waals surface area contributed by atoms with Gasteiger partial charge in [0.25, 0.3) is 0 Å². The Morgan fingerprint density at radius 3 is 2.62 bits per heavy atom. The normalized spacial score (nSPS) is 23.8. The number of rotatable bonds is 5. The van der Waals surface area contributed by atoms with Gasteiger partial charge in [-0.05, 0) is 68.6 Å². The molecular weight excluding hydrogens is 460 g/mol. The van der Waals surface area contributed by atoms with Crippen LogP contribution in [0, 0.1) is 6.92 Å². The van der Waals surface area contributed by atoms with Gasteiger partial charge in [-0.1, -0.05) is 36.4 Å². The molecule has 2 bridgehead atoms. The third-order valence-electron chi connectivity index (χ3n) is 8.52. The third kappa shape index (κ3) is 4.20. The fourth-order valence-electron chi connectivity index (χ4n) is 6.51. The first kappa shape index (κ1) is 22.9. The van der Waals surface area contributed by atoms with Gasteiger partial charge in [-0.3, -0.25) is 4.98 Å². The van der Waals surface area contributed by atoms with Crippen molar-refractivity contribution >= 4 is 27.5 Å². The number of nitrogens with one attached hydrogen (secondary N) is 1. The zero-order valence-electron chi connectivity index (χ0n) is 21.7. The number of pyridine rings is 1. The Balaban J connectivity index is 1.32. The summed E-state index contributed by atoms with van der Waals surface area (Å²) in [6, 6.07) is 16.9. The Morgan fingerprint density at radius 1 is 1.03 bits per heavy atom. The maximum atomic E-state index is 6.28. The van der Waals surface area contributed by atoms with Gasteiger partial charge in [0, 0.05) is 43.0 Å². The van der Waals surface area contributed by atoms with E-state index in [1.165, 1.54) is 35.6 Å². The van der Waals surface area contributed by atoms with Gasteiger partial charge in [0.05, 0.1) is 16.6 Å². The molecule has 2 aromatic carbocycles. The van der Waals surface area contributed by atoms with Crippen LogP contribution in [-0.4, -0.2) is 71.3 Å². The number of hydrogen-bond donors (Lipinski definition) is 1. The second-order valence-corrected chi connectivity index (χ2v) is 11.0. The van der Waals surface area contributed by atoms with E-state index in [-0.39, 0.29) is 0 Å². The van der Waals surface area contributed by atoms with Crippen molar-refractivity contribution in [1.82, 2.24) is 25.2 Å². The molecule has 0 radical (unpaired) electrons. The number of aryl methyl sites for hydroxylation is 1. The van der Waals surface area contributed by atoms with Crippen molar-refractivity contribution in [3.63, 3.8) is 0 Å². The smallest absolute Gasteiger partial charge is 0.319 e. The molecule has 1 N–H and O–H groups in total. The van der Waals surface area contributed by atoms with Crippen molar-refractivity contribution < 1.29 is 4.74 Å². The first-order valence-electron chi connectivity index (χ1n) is 13.6. The lowest BCUT2D eigenvalue weighted by molar-refractivity contribution is 0.188. The Bertz CT molecular complexity index is 1450. The predicted octanol–water partition coefficient (Wildman–Crippen LogP) is 4.57. The summed E-state index contributed by atoms with van der Waals surface area (Å²) < 4.78 is 6.28. The third-order valence-corrected chi connectivity index (χ3v) is 8.52. The van der Waals surface area contributed by atoms with Gasteiger partial charge < -0.3 is 19.9 Å². The molecule has 190 valence electrons. The van der Waals surface area contributed by atoms with Crippen LogP contribution in [0.1, 0.15) is 31.2 Å². The molecule has 2 aromatic heterocycles. The number of nitrogens with zero attached hydrogens (tertiary/aromatic N) is 5. The largest absolute Gasteiger partial charge is 0.462 e. The molecule has 2 unspecified atom stereocenters. The van der Waals surface area contributed by atoms with Crippen molar-refractivity contribution in [1.29, 1.82) is 0 Å². The molecule has 3 atom stereocenters. The van der Waals surface area contributed by atoms with E-state index in [0.29, 0.717) is 30.7 Å². The van der Waals surface area contributed by atoms with Gasteiger partial charge in [0.1, 0.15) is 12.4 Å². The minimum Gasteiger partial charge on any atom is -0.462 e. The summed E-state index contributed by atoms with van der Waals surface area (Å²) in [7, 11) is 2.17. The number of ether oxygens (including phenoxy) is 1. The van der Waals surface area contributed by atoms with Crippen molar-refractivity contribution in [2.45, 2.75) is 50.7 Å². The van der Waals surface area contributed by atoms with Crippen LogP contribution in [0.4, 0.5) is 5.82 Å². The van der Waals surface area contributed by atoms with E-state index in [0.717, 1.165) is 54.0 Å². The lowest BCUT2D eigenvalue weighted by Gasteiger charge is -2.34. The van der Waals surface area contributed by atoms with Crippen LogP contribution in [-0.2, 0) is 0 Å². The predicted molar refractivity (Wildman–Crippen MR) is 148 cm³/mol. The molecule has 7 nitrogen and oxygen atoms in total. The Labute approximate surface area is 217 Å². The Kier molecular flexibility index (Phi) is 5.70. The van der Waals surface area contributed by atoms with E-state index in [9.17, 15) is 0 Å². The molecule has 0 aliphatic carbocycles. The van der Waals surface area contributed by atoms with Crippen molar-refractivity contribution in [3.05, 3.63) is 54.2 Å². The highest BCUT2D eigenvalue weighted by molar-refractivity contribution is 6.00. The first-order chi connectivity index (χ1) is 18.1. The van der Waals surface area contributed by atoms with Crippen molar-refractivity contribution in [2.24, 2.45) is 0 Å². The summed E-state index contributed by atoms with van der Waals surface area (Å²) in [5, 5.41) is 7.20. The van der Waals surface area contributed by atoms with Crippen LogP contribution >= 0.6 is 0 Å². The summed E-state index contributed by atoms with van der Waals surface area (Å²) in [5.74, 6) is 0.950. The Morgan fingerprint density at radius 2 is 1.84 bits per heavy atom. The molecular formula is C30H34N6O. The van der Waals surface area contributed by atoms with Crippen LogP contribution in [0.5, 0.6) is 6.01 Å². The maximum absolute atomic E-state index is 6.28. The molecule has 0 saturated carbocycles. The standard InChI is InChI=1S/C30H34N6O/c1-19-6-3-7-20-8-4-10-24(28(19)20)26-14-27-25(15-31-26)29(36-16-21-11-12-22(17-36)32-21)34-30(33-27)37-18-23-9-5-13-35(23)2/h3-4,6-8,10,14-15,21-23,32H,5,9,11-13,16-18H2,1-2H3/t21?,22?,23-/m0/s1. The Hall–Kier alpha value is -3.29. The molecule has 0 amide bonds. The van der Waals surface area contributed by atoms with Crippen LogP contribution in [0.3, 0.4) is 0 Å². The SMILES string of the molecule is Cc1cccc2cccc(-c3cc4nc(OC[C@@H]5CCCN5C)nc(N5CC6CCC(C5)N6)c4cn3)c12. The molecule has 7 rings (SSSR count). The zero-order valence-corrected chi connectivity index (χ0v) is 21.7. The van der Waals surface area contributed by atoms with Crippen LogP contribution in [0.25, 0.3) is 32.9 Å². The highest BCUT2D eigenvalue weighted by Crippen LogP contribution is 2.35. The monoisotopic (exact) mass is 494 g/mol. The van der Waals surface area contributed by atoms with E-state index in [1.807, 2.05) is 6.20 Å². The summed E-state index contributed by atoms with van der Waals surface area (Å²) in [5.41, 5.74) is 4.20. The van der Waals surface area contributed by atoms with Crippen molar-refractivity contribution in [3.8, 4) is 17.3 Å². The van der Waals surface area contributed by atoms with E-state index < -0.39 is 0 Å². The summed E-state index contributed by atoms with van der Waals surface area (Å²) in [4.78, 5) is 19.7. The zero-order chi connectivity index (χ0) is 24.9. The number of aromatic nitrogens is 3. The number of anilines is 1. The molecule has 3 aliphatic rings. The molecule has 3 fully saturated rings. The highest BCUT2D eigenvalue weighted by Gasteiger charge is 2.34. The number of fused-ring (bicyclic) bond motifs is 4. The molecule has 3 aliphatic heterocycles. The average molecular weight is 495 g/mol. The number of likely N-dealkylation sites (N-methyl/N-ethyl adjacent to an activating group) is 1. The highest BCUT2D eigenvalue weighted by atomic mass is 16.5. The van der Waals surface area contributed by atoms with Gasteiger partial charge in [-0.2, -0.15) is 9.97 Å². The van der Waals surface area contributed by atoms with Gasteiger partial charge in [-0.25, -0.2) is 0 Å². The molecule has 37 heavy (non-hydrogen) atoms. The van der Waals surface area contributed by atoms with E-state index in [4.69, 9.17) is 19.7 Å². The second kappa shape index (κ2) is 9.23. The minimum absolute atomic E-state index is 0.421. The molecule has 3 saturated heterocycles. The molecule has 5 heterocycles. The first-order valence-corrected chi connectivity index (χ1v) is 13.6. The molecule has 0 spiro atoms. The number of likely N-dealkylation sites (tertiary alicyclic amines) is 1. The van der Waals surface area contributed by atoms with Gasteiger partial charge in [-0.15, -0.1) is 0 Å². The van der Waals surface area contributed by atoms with Crippen LogP contribution in [0.2, 0.25) is 0 Å². The fourth-order valence-corrected chi connectivity index (χ4v) is 6.51. The lowest BCUT2D eigenvalue weighted by atomic mass is 9.97.